The van der Waals surface area contributed by atoms with Crippen LogP contribution in [0.5, 0.6) is 5.75 Å². The number of rotatable bonds is 2. The van der Waals surface area contributed by atoms with Crippen molar-refractivity contribution in [1.29, 1.82) is 5.26 Å². The molecular weight excluding hydrogens is 266 g/mol. The lowest BCUT2D eigenvalue weighted by Crippen LogP contribution is -1.92. The standard InChI is InChI=1S/C13H10BrNO/c1-16-13-5-2-9-8-10(14)3-4-11(9)12(13)6-7-15/h2-5,8H,6H2,1H3. The van der Waals surface area contributed by atoms with E-state index in [0.717, 1.165) is 26.6 Å². The van der Waals surface area contributed by atoms with E-state index in [2.05, 4.69) is 22.0 Å². The minimum atomic E-state index is 0.363. The summed E-state index contributed by atoms with van der Waals surface area (Å²) < 4.78 is 6.31. The first kappa shape index (κ1) is 11.0. The Bertz CT molecular complexity index is 572. The molecule has 3 heteroatoms. The van der Waals surface area contributed by atoms with Crippen LogP contribution in [0.2, 0.25) is 0 Å². The molecule has 2 aromatic rings. The van der Waals surface area contributed by atoms with Crippen molar-refractivity contribution >= 4 is 26.7 Å². The van der Waals surface area contributed by atoms with Crippen LogP contribution in [0.25, 0.3) is 10.8 Å². The van der Waals surface area contributed by atoms with Crippen molar-refractivity contribution in [3.8, 4) is 11.8 Å². The average molecular weight is 276 g/mol. The fourth-order valence-corrected chi connectivity index (χ4v) is 2.18. The summed E-state index contributed by atoms with van der Waals surface area (Å²) in [6.45, 7) is 0. The topological polar surface area (TPSA) is 33.0 Å². The van der Waals surface area contributed by atoms with E-state index in [-0.39, 0.29) is 0 Å². The highest BCUT2D eigenvalue weighted by atomic mass is 79.9. The van der Waals surface area contributed by atoms with Gasteiger partial charge in [0, 0.05) is 10.0 Å². The molecule has 0 spiro atoms. The van der Waals surface area contributed by atoms with Crippen molar-refractivity contribution in [1.82, 2.24) is 0 Å². The third kappa shape index (κ3) is 1.89. The Morgan fingerprint density at radius 3 is 2.81 bits per heavy atom. The van der Waals surface area contributed by atoms with Crippen LogP contribution in [0.4, 0.5) is 0 Å². The summed E-state index contributed by atoms with van der Waals surface area (Å²) in [5.41, 5.74) is 0.954. The highest BCUT2D eigenvalue weighted by Crippen LogP contribution is 2.30. The van der Waals surface area contributed by atoms with E-state index in [1.807, 2.05) is 30.3 Å². The molecule has 0 aliphatic heterocycles. The van der Waals surface area contributed by atoms with Crippen LogP contribution < -0.4 is 4.74 Å². The van der Waals surface area contributed by atoms with Gasteiger partial charge in [-0.1, -0.05) is 28.1 Å². The van der Waals surface area contributed by atoms with Crippen LogP contribution in [-0.2, 0) is 6.42 Å². The third-order valence-corrected chi connectivity index (χ3v) is 3.02. The predicted octanol–water partition coefficient (Wildman–Crippen LogP) is 3.68. The van der Waals surface area contributed by atoms with E-state index in [0.29, 0.717) is 6.42 Å². The van der Waals surface area contributed by atoms with Crippen molar-refractivity contribution in [3.05, 3.63) is 40.4 Å². The van der Waals surface area contributed by atoms with Crippen LogP contribution in [0.15, 0.2) is 34.8 Å². The number of nitrogens with zero attached hydrogens (tertiary/aromatic N) is 1. The van der Waals surface area contributed by atoms with Gasteiger partial charge in [0.1, 0.15) is 5.75 Å². The van der Waals surface area contributed by atoms with Crippen molar-refractivity contribution in [3.63, 3.8) is 0 Å². The van der Waals surface area contributed by atoms with Gasteiger partial charge in [-0.2, -0.15) is 5.26 Å². The SMILES string of the molecule is COc1ccc2cc(Br)ccc2c1CC#N. The van der Waals surface area contributed by atoms with Gasteiger partial charge in [-0.25, -0.2) is 0 Å². The first-order valence-electron chi connectivity index (χ1n) is 4.88. The fraction of sp³-hybridized carbons (Fsp3) is 0.154. The minimum Gasteiger partial charge on any atom is -0.496 e. The number of methoxy groups -OCH3 is 1. The van der Waals surface area contributed by atoms with Crippen LogP contribution >= 0.6 is 15.9 Å². The van der Waals surface area contributed by atoms with Crippen molar-refractivity contribution in [2.24, 2.45) is 0 Å². The van der Waals surface area contributed by atoms with Crippen LogP contribution in [-0.4, -0.2) is 7.11 Å². The number of ether oxygens (including phenoxy) is 1. The van der Waals surface area contributed by atoms with E-state index in [1.165, 1.54) is 0 Å². The van der Waals surface area contributed by atoms with Gasteiger partial charge in [-0.15, -0.1) is 0 Å². The number of hydrogen-bond donors (Lipinski definition) is 0. The summed E-state index contributed by atoms with van der Waals surface area (Å²) in [4.78, 5) is 0. The molecule has 0 heterocycles. The lowest BCUT2D eigenvalue weighted by atomic mass is 10.0. The van der Waals surface area contributed by atoms with Gasteiger partial charge in [-0.3, -0.25) is 0 Å². The van der Waals surface area contributed by atoms with Gasteiger partial charge >= 0.3 is 0 Å². The number of halogens is 1. The Morgan fingerprint density at radius 1 is 1.31 bits per heavy atom. The minimum absolute atomic E-state index is 0.363. The summed E-state index contributed by atoms with van der Waals surface area (Å²) in [6, 6.07) is 12.1. The molecule has 16 heavy (non-hydrogen) atoms. The molecule has 0 aromatic heterocycles. The summed E-state index contributed by atoms with van der Waals surface area (Å²) in [6.07, 6.45) is 0.363. The molecule has 2 rings (SSSR count). The largest absolute Gasteiger partial charge is 0.496 e. The lowest BCUT2D eigenvalue weighted by Gasteiger charge is -2.09. The maximum atomic E-state index is 8.84. The maximum absolute atomic E-state index is 8.84. The Morgan fingerprint density at radius 2 is 2.12 bits per heavy atom. The zero-order valence-electron chi connectivity index (χ0n) is 8.83. The van der Waals surface area contributed by atoms with E-state index in [1.54, 1.807) is 7.11 Å². The quantitative estimate of drug-likeness (QED) is 0.838. The highest BCUT2D eigenvalue weighted by Gasteiger charge is 2.07. The fourth-order valence-electron chi connectivity index (χ4n) is 1.80. The van der Waals surface area contributed by atoms with E-state index < -0.39 is 0 Å². The van der Waals surface area contributed by atoms with E-state index in [4.69, 9.17) is 10.00 Å². The summed E-state index contributed by atoms with van der Waals surface area (Å²) >= 11 is 3.44. The summed E-state index contributed by atoms with van der Waals surface area (Å²) in [7, 11) is 1.63. The van der Waals surface area contributed by atoms with Crippen LogP contribution in [0, 0.1) is 11.3 Å². The first-order valence-corrected chi connectivity index (χ1v) is 5.67. The molecule has 0 atom stereocenters. The van der Waals surface area contributed by atoms with Crippen molar-refractivity contribution in [2.45, 2.75) is 6.42 Å². The maximum Gasteiger partial charge on any atom is 0.123 e. The third-order valence-electron chi connectivity index (χ3n) is 2.53. The second-order valence-electron chi connectivity index (χ2n) is 3.45. The molecular formula is C13H10BrNO. The molecule has 2 aromatic carbocycles. The average Bonchev–Trinajstić information content (AvgIpc) is 2.29. The van der Waals surface area contributed by atoms with Gasteiger partial charge in [0.25, 0.3) is 0 Å². The van der Waals surface area contributed by atoms with Crippen molar-refractivity contribution < 1.29 is 4.74 Å². The molecule has 0 saturated carbocycles. The van der Waals surface area contributed by atoms with Gasteiger partial charge in [0.05, 0.1) is 19.6 Å². The molecule has 0 aliphatic rings. The number of nitriles is 1. The van der Waals surface area contributed by atoms with Crippen LogP contribution in [0.3, 0.4) is 0 Å². The Balaban J connectivity index is 2.74. The normalized spacial score (nSPS) is 10.1. The Kier molecular flexibility index (Phi) is 3.12. The molecule has 0 radical (unpaired) electrons. The summed E-state index contributed by atoms with van der Waals surface area (Å²) in [5, 5.41) is 11.0. The highest BCUT2D eigenvalue weighted by molar-refractivity contribution is 9.10. The first-order chi connectivity index (χ1) is 7.76. The number of hydrogen-bond acceptors (Lipinski definition) is 2. The van der Waals surface area contributed by atoms with Gasteiger partial charge in [-0.05, 0) is 29.0 Å². The molecule has 0 unspecified atom stereocenters. The predicted molar refractivity (Wildman–Crippen MR) is 67.5 cm³/mol. The molecule has 0 saturated heterocycles. The molecule has 2 nitrogen and oxygen atoms in total. The van der Waals surface area contributed by atoms with Gasteiger partial charge in [0.15, 0.2) is 0 Å². The summed E-state index contributed by atoms with van der Waals surface area (Å²) in [5.74, 6) is 0.774. The van der Waals surface area contributed by atoms with E-state index >= 15 is 0 Å². The zero-order chi connectivity index (χ0) is 11.5. The second kappa shape index (κ2) is 4.54. The molecule has 0 aliphatic carbocycles. The van der Waals surface area contributed by atoms with Gasteiger partial charge < -0.3 is 4.74 Å². The number of benzene rings is 2. The molecule has 0 amide bonds. The number of fused-ring (bicyclic) bond motifs is 1. The van der Waals surface area contributed by atoms with E-state index in [9.17, 15) is 0 Å². The Hall–Kier alpha value is -1.53. The monoisotopic (exact) mass is 275 g/mol. The second-order valence-corrected chi connectivity index (χ2v) is 4.36. The van der Waals surface area contributed by atoms with Crippen LogP contribution in [0.1, 0.15) is 5.56 Å². The van der Waals surface area contributed by atoms with Crippen molar-refractivity contribution in [2.75, 3.05) is 7.11 Å². The molecule has 0 N–H and O–H groups in total. The lowest BCUT2D eigenvalue weighted by molar-refractivity contribution is 0.411. The van der Waals surface area contributed by atoms with Gasteiger partial charge in [0.2, 0.25) is 0 Å². The molecule has 80 valence electrons. The Labute approximate surface area is 103 Å². The smallest absolute Gasteiger partial charge is 0.123 e. The molecule has 0 bridgehead atoms. The molecule has 0 fully saturated rings. The zero-order valence-corrected chi connectivity index (χ0v) is 10.4.